The van der Waals surface area contributed by atoms with Crippen molar-refractivity contribution in [1.82, 2.24) is 15.2 Å². The lowest BCUT2D eigenvalue weighted by Crippen LogP contribution is -2.47. The van der Waals surface area contributed by atoms with Crippen molar-refractivity contribution < 1.29 is 13.2 Å². The van der Waals surface area contributed by atoms with Gasteiger partial charge in [-0.15, -0.1) is 0 Å². The maximum atomic E-state index is 12.4. The molecule has 0 aliphatic carbocycles. The van der Waals surface area contributed by atoms with Crippen molar-refractivity contribution in [3.8, 4) is 0 Å². The predicted octanol–water partition coefficient (Wildman–Crippen LogP) is 1.58. The van der Waals surface area contributed by atoms with Gasteiger partial charge in [0.2, 0.25) is 0 Å². The normalized spacial score (nSPS) is 19.8. The van der Waals surface area contributed by atoms with Crippen molar-refractivity contribution >= 4 is 15.9 Å². The number of urea groups is 1. The highest BCUT2D eigenvalue weighted by Gasteiger charge is 2.34. The van der Waals surface area contributed by atoms with Crippen LogP contribution in [0.2, 0.25) is 0 Å². The first-order chi connectivity index (χ1) is 10.5. The van der Waals surface area contributed by atoms with Gasteiger partial charge < -0.3 is 10.2 Å². The average molecular weight is 325 g/mol. The lowest BCUT2D eigenvalue weighted by atomic mass is 10.2. The van der Waals surface area contributed by atoms with E-state index in [1.165, 1.54) is 0 Å². The molecule has 0 bridgehead atoms. The summed E-state index contributed by atoms with van der Waals surface area (Å²) in [6.07, 6.45) is 5.76. The van der Waals surface area contributed by atoms with Crippen LogP contribution >= 0.6 is 0 Å². The highest BCUT2D eigenvalue weighted by Crippen LogP contribution is 2.18. The Kier molecular flexibility index (Phi) is 5.76. The van der Waals surface area contributed by atoms with Gasteiger partial charge in [-0.2, -0.15) is 0 Å². The van der Waals surface area contributed by atoms with E-state index in [1.807, 2.05) is 12.1 Å². The van der Waals surface area contributed by atoms with Crippen molar-refractivity contribution in [2.24, 2.45) is 0 Å². The summed E-state index contributed by atoms with van der Waals surface area (Å²) in [5.41, 5.74) is 0.922. The number of sulfone groups is 1. The van der Waals surface area contributed by atoms with E-state index < -0.39 is 9.84 Å². The minimum absolute atomic E-state index is 0.0804. The number of carbonyl (C=O) groups excluding carboxylic acids is 1. The molecule has 1 atom stereocenters. The highest BCUT2D eigenvalue weighted by atomic mass is 32.2. The van der Waals surface area contributed by atoms with Crippen molar-refractivity contribution in [2.75, 3.05) is 18.1 Å². The number of amides is 2. The second-order valence-corrected chi connectivity index (χ2v) is 7.85. The molecule has 2 rings (SSSR count). The monoisotopic (exact) mass is 325 g/mol. The first-order valence-electron chi connectivity index (χ1n) is 7.65. The molecule has 7 heteroatoms. The number of carbonyl (C=O) groups is 1. The highest BCUT2D eigenvalue weighted by molar-refractivity contribution is 7.91. The number of pyridine rings is 1. The fraction of sp³-hybridized carbons (Fsp3) is 0.600. The van der Waals surface area contributed by atoms with Gasteiger partial charge in [-0.05, 0) is 24.5 Å². The molecule has 1 aliphatic heterocycles. The van der Waals surface area contributed by atoms with E-state index in [-0.39, 0.29) is 23.6 Å². The Hall–Kier alpha value is -1.63. The van der Waals surface area contributed by atoms with Crippen molar-refractivity contribution in [2.45, 2.75) is 38.8 Å². The standard InChI is InChI=1S/C15H23N3O3S/c1-2-3-8-18(14-6-9-22(20,21)12-14)15(19)17-11-13-5-4-7-16-10-13/h4-5,7,10,14H,2-3,6,8-9,11-12H2,1H3,(H,17,19). The summed E-state index contributed by atoms with van der Waals surface area (Å²) in [6, 6.07) is 3.31. The maximum Gasteiger partial charge on any atom is 0.317 e. The van der Waals surface area contributed by atoms with E-state index in [9.17, 15) is 13.2 Å². The molecule has 2 heterocycles. The Morgan fingerprint density at radius 2 is 2.32 bits per heavy atom. The van der Waals surface area contributed by atoms with Crippen LogP contribution in [0.15, 0.2) is 24.5 Å². The molecule has 1 aromatic rings. The van der Waals surface area contributed by atoms with Gasteiger partial charge in [-0.1, -0.05) is 19.4 Å². The van der Waals surface area contributed by atoms with E-state index in [4.69, 9.17) is 0 Å². The second-order valence-electron chi connectivity index (χ2n) is 5.62. The molecule has 1 aromatic heterocycles. The van der Waals surface area contributed by atoms with E-state index in [2.05, 4.69) is 17.2 Å². The molecule has 1 aliphatic rings. The number of hydrogen-bond acceptors (Lipinski definition) is 4. The van der Waals surface area contributed by atoms with Gasteiger partial charge in [0.1, 0.15) is 0 Å². The molecule has 122 valence electrons. The van der Waals surface area contributed by atoms with Gasteiger partial charge in [0, 0.05) is 31.5 Å². The molecule has 0 spiro atoms. The zero-order valence-electron chi connectivity index (χ0n) is 12.9. The largest absolute Gasteiger partial charge is 0.334 e. The summed E-state index contributed by atoms with van der Waals surface area (Å²) in [4.78, 5) is 18.1. The molecule has 0 saturated carbocycles. The summed E-state index contributed by atoms with van der Waals surface area (Å²) in [5, 5.41) is 2.86. The van der Waals surface area contributed by atoms with E-state index in [1.54, 1.807) is 17.3 Å². The third-order valence-electron chi connectivity index (χ3n) is 3.83. The van der Waals surface area contributed by atoms with Crippen molar-refractivity contribution in [3.63, 3.8) is 0 Å². The molecule has 22 heavy (non-hydrogen) atoms. The van der Waals surface area contributed by atoms with Gasteiger partial charge in [0.25, 0.3) is 0 Å². The molecule has 2 amide bonds. The van der Waals surface area contributed by atoms with Crippen LogP contribution in [0.1, 0.15) is 31.7 Å². The van der Waals surface area contributed by atoms with Crippen LogP contribution < -0.4 is 5.32 Å². The van der Waals surface area contributed by atoms with E-state index in [0.717, 1.165) is 18.4 Å². The van der Waals surface area contributed by atoms with Gasteiger partial charge >= 0.3 is 6.03 Å². The van der Waals surface area contributed by atoms with Crippen LogP contribution in [0.5, 0.6) is 0 Å². The fourth-order valence-corrected chi connectivity index (χ4v) is 4.31. The van der Waals surface area contributed by atoms with Crippen LogP contribution in [-0.4, -0.2) is 48.4 Å². The summed E-state index contributed by atoms with van der Waals surface area (Å²) in [6.45, 7) is 3.04. The third kappa shape index (κ3) is 4.69. The Morgan fingerprint density at radius 3 is 2.91 bits per heavy atom. The number of aromatic nitrogens is 1. The SMILES string of the molecule is CCCCN(C(=O)NCc1cccnc1)C1CCS(=O)(=O)C1. The first kappa shape index (κ1) is 16.7. The zero-order valence-corrected chi connectivity index (χ0v) is 13.7. The lowest BCUT2D eigenvalue weighted by molar-refractivity contribution is 0.178. The fourth-order valence-electron chi connectivity index (χ4n) is 2.58. The minimum atomic E-state index is -3.00. The Bertz CT molecular complexity index is 589. The van der Waals surface area contributed by atoms with Crippen LogP contribution in [0, 0.1) is 0 Å². The Balaban J connectivity index is 1.97. The maximum absolute atomic E-state index is 12.4. The molecule has 0 radical (unpaired) electrons. The molecule has 1 N–H and O–H groups in total. The Morgan fingerprint density at radius 1 is 1.50 bits per heavy atom. The van der Waals surface area contributed by atoms with Crippen LogP contribution in [0.25, 0.3) is 0 Å². The molecular weight excluding hydrogens is 302 g/mol. The molecule has 6 nitrogen and oxygen atoms in total. The second kappa shape index (κ2) is 7.58. The predicted molar refractivity (Wildman–Crippen MR) is 85.1 cm³/mol. The van der Waals surface area contributed by atoms with Gasteiger partial charge in [0.05, 0.1) is 11.5 Å². The molecule has 1 saturated heterocycles. The number of hydrogen-bond donors (Lipinski definition) is 1. The average Bonchev–Trinajstić information content (AvgIpc) is 2.86. The lowest BCUT2D eigenvalue weighted by Gasteiger charge is -2.28. The zero-order chi connectivity index (χ0) is 16.0. The third-order valence-corrected chi connectivity index (χ3v) is 5.58. The number of unbranched alkanes of at least 4 members (excludes halogenated alkanes) is 1. The number of nitrogens with zero attached hydrogens (tertiary/aromatic N) is 2. The topological polar surface area (TPSA) is 79.4 Å². The molecule has 1 fully saturated rings. The minimum Gasteiger partial charge on any atom is -0.334 e. The van der Waals surface area contributed by atoms with Crippen molar-refractivity contribution in [1.29, 1.82) is 0 Å². The van der Waals surface area contributed by atoms with Crippen LogP contribution in [-0.2, 0) is 16.4 Å². The van der Waals surface area contributed by atoms with Gasteiger partial charge in [-0.25, -0.2) is 13.2 Å². The molecule has 1 unspecified atom stereocenters. The summed E-state index contributed by atoms with van der Waals surface area (Å²) in [7, 11) is -3.00. The van der Waals surface area contributed by atoms with E-state index >= 15 is 0 Å². The van der Waals surface area contributed by atoms with Gasteiger partial charge in [0.15, 0.2) is 9.84 Å². The smallest absolute Gasteiger partial charge is 0.317 e. The summed E-state index contributed by atoms with van der Waals surface area (Å²) in [5.74, 6) is 0.257. The first-order valence-corrected chi connectivity index (χ1v) is 9.48. The number of nitrogens with one attached hydrogen (secondary N) is 1. The molecule has 0 aromatic carbocycles. The summed E-state index contributed by atoms with van der Waals surface area (Å²) < 4.78 is 23.3. The van der Waals surface area contributed by atoms with Crippen molar-refractivity contribution in [3.05, 3.63) is 30.1 Å². The summed E-state index contributed by atoms with van der Waals surface area (Å²) >= 11 is 0. The van der Waals surface area contributed by atoms with Crippen LogP contribution in [0.4, 0.5) is 4.79 Å². The van der Waals surface area contributed by atoms with Gasteiger partial charge in [-0.3, -0.25) is 4.98 Å². The van der Waals surface area contributed by atoms with E-state index in [0.29, 0.717) is 19.5 Å². The van der Waals surface area contributed by atoms with Crippen LogP contribution in [0.3, 0.4) is 0 Å². The Labute approximate surface area is 131 Å². The molecular formula is C15H23N3O3S. The quantitative estimate of drug-likeness (QED) is 0.861. The number of rotatable bonds is 6.